The monoisotopic (exact) mass is 316 g/mol. The number of aryl methyl sites for hydroxylation is 2. The van der Waals surface area contributed by atoms with Crippen molar-refractivity contribution in [3.8, 4) is 22.3 Å². The number of hydrogen-bond acceptors (Lipinski definition) is 3. The molecule has 0 aliphatic rings. The number of nitrogens with one attached hydrogen (secondary N) is 1. The molecule has 0 atom stereocenters. The van der Waals surface area contributed by atoms with Crippen molar-refractivity contribution in [2.75, 3.05) is 0 Å². The Hall–Kier alpha value is -3.21. The second-order valence-corrected chi connectivity index (χ2v) is 5.91. The molecule has 0 bridgehead atoms. The normalized spacial score (nSPS) is 11.1. The second-order valence-electron chi connectivity index (χ2n) is 5.91. The van der Waals surface area contributed by atoms with E-state index < -0.39 is 0 Å². The highest BCUT2D eigenvalue weighted by Gasteiger charge is 2.08. The minimum atomic E-state index is -0.0977. The van der Waals surface area contributed by atoms with E-state index in [9.17, 15) is 4.79 Å². The quantitative estimate of drug-likeness (QED) is 0.617. The van der Waals surface area contributed by atoms with Crippen LogP contribution in [0.25, 0.3) is 33.2 Å². The first-order valence-corrected chi connectivity index (χ1v) is 7.69. The van der Waals surface area contributed by atoms with E-state index in [1.807, 2.05) is 38.5 Å². The third-order valence-electron chi connectivity index (χ3n) is 4.20. The van der Waals surface area contributed by atoms with Gasteiger partial charge in [-0.05, 0) is 23.6 Å². The zero-order valence-electron chi connectivity index (χ0n) is 13.4. The fourth-order valence-corrected chi connectivity index (χ4v) is 2.96. The van der Waals surface area contributed by atoms with Crippen LogP contribution in [0.3, 0.4) is 0 Å². The topological polar surface area (TPSA) is 63.6 Å². The molecule has 4 aromatic rings. The van der Waals surface area contributed by atoms with E-state index in [2.05, 4.69) is 27.2 Å². The molecule has 0 saturated heterocycles. The Balaban J connectivity index is 1.85. The highest BCUT2D eigenvalue weighted by molar-refractivity contribution is 5.94. The molecule has 4 rings (SSSR count). The molecule has 1 N–H and O–H groups in total. The molecule has 0 spiro atoms. The lowest BCUT2D eigenvalue weighted by molar-refractivity contribution is 0.768. The van der Waals surface area contributed by atoms with E-state index in [1.54, 1.807) is 23.1 Å². The lowest BCUT2D eigenvalue weighted by atomic mass is 10.0. The molecular weight excluding hydrogens is 300 g/mol. The Morgan fingerprint density at radius 1 is 1.00 bits per heavy atom. The average molecular weight is 316 g/mol. The van der Waals surface area contributed by atoms with Crippen LogP contribution in [0, 0.1) is 6.92 Å². The molecular formula is C19H16N4O. The smallest absolute Gasteiger partial charge is 0.248 e. The van der Waals surface area contributed by atoms with E-state index in [0.29, 0.717) is 0 Å². The van der Waals surface area contributed by atoms with E-state index in [1.165, 1.54) is 0 Å². The van der Waals surface area contributed by atoms with Gasteiger partial charge in [-0.2, -0.15) is 5.10 Å². The average Bonchev–Trinajstić information content (AvgIpc) is 3.01. The third-order valence-corrected chi connectivity index (χ3v) is 4.20. The maximum absolute atomic E-state index is 11.8. The maximum atomic E-state index is 11.8. The maximum Gasteiger partial charge on any atom is 0.248 e. The first-order chi connectivity index (χ1) is 11.6. The molecule has 1 aromatic carbocycles. The number of aromatic nitrogens is 4. The molecule has 0 radical (unpaired) electrons. The van der Waals surface area contributed by atoms with E-state index in [4.69, 9.17) is 0 Å². The highest BCUT2D eigenvalue weighted by atomic mass is 16.1. The van der Waals surface area contributed by atoms with Gasteiger partial charge in [-0.1, -0.05) is 24.3 Å². The molecule has 24 heavy (non-hydrogen) atoms. The van der Waals surface area contributed by atoms with Crippen LogP contribution in [0.4, 0.5) is 0 Å². The number of fused-ring (bicyclic) bond motifs is 1. The Labute approximate surface area is 138 Å². The standard InChI is InChI=1S/C19H16N4O/c1-12-7-18(24)22-19-16(12)9-20-10-17(19)14-5-3-13(4-6-14)15-8-21-23(2)11-15/h3-11H,1-2H3,(H,22,24). The van der Waals surface area contributed by atoms with Crippen LogP contribution in [0.2, 0.25) is 0 Å². The van der Waals surface area contributed by atoms with Crippen LogP contribution < -0.4 is 5.56 Å². The number of hydrogen-bond donors (Lipinski definition) is 1. The van der Waals surface area contributed by atoms with Crippen molar-refractivity contribution in [1.29, 1.82) is 0 Å². The Morgan fingerprint density at radius 2 is 1.75 bits per heavy atom. The van der Waals surface area contributed by atoms with Crippen molar-refractivity contribution < 1.29 is 0 Å². The summed E-state index contributed by atoms with van der Waals surface area (Å²) in [5.41, 5.74) is 5.76. The zero-order valence-corrected chi connectivity index (χ0v) is 13.4. The van der Waals surface area contributed by atoms with Gasteiger partial charge in [-0.15, -0.1) is 0 Å². The SMILES string of the molecule is Cc1cc(=O)[nH]c2c(-c3ccc(-c4cnn(C)c4)cc3)cncc12. The predicted octanol–water partition coefficient (Wildman–Crippen LogP) is 3.30. The van der Waals surface area contributed by atoms with Gasteiger partial charge in [0.05, 0.1) is 11.7 Å². The summed E-state index contributed by atoms with van der Waals surface area (Å²) >= 11 is 0. The minimum absolute atomic E-state index is 0.0977. The van der Waals surface area contributed by atoms with Crippen molar-refractivity contribution in [1.82, 2.24) is 19.7 Å². The number of rotatable bonds is 2. The van der Waals surface area contributed by atoms with Gasteiger partial charge in [-0.3, -0.25) is 14.5 Å². The van der Waals surface area contributed by atoms with E-state index >= 15 is 0 Å². The zero-order chi connectivity index (χ0) is 16.7. The van der Waals surface area contributed by atoms with Crippen molar-refractivity contribution in [3.05, 3.63) is 71.0 Å². The van der Waals surface area contributed by atoms with Gasteiger partial charge in [0.15, 0.2) is 0 Å². The molecule has 0 amide bonds. The summed E-state index contributed by atoms with van der Waals surface area (Å²) in [6.45, 7) is 1.93. The summed E-state index contributed by atoms with van der Waals surface area (Å²) in [6, 6.07) is 9.79. The summed E-state index contributed by atoms with van der Waals surface area (Å²) in [5, 5.41) is 5.16. The Bertz CT molecular complexity index is 1090. The molecule has 0 saturated carbocycles. The number of aromatic amines is 1. The van der Waals surface area contributed by atoms with Crippen LogP contribution in [0.15, 0.2) is 59.9 Å². The van der Waals surface area contributed by atoms with Crippen LogP contribution in [0.5, 0.6) is 0 Å². The lowest BCUT2D eigenvalue weighted by Crippen LogP contribution is -2.06. The van der Waals surface area contributed by atoms with Gasteiger partial charge in [0.1, 0.15) is 0 Å². The molecule has 0 aliphatic heterocycles. The first-order valence-electron chi connectivity index (χ1n) is 7.69. The van der Waals surface area contributed by atoms with Crippen molar-refractivity contribution in [2.45, 2.75) is 6.92 Å². The minimum Gasteiger partial charge on any atom is -0.321 e. The van der Waals surface area contributed by atoms with Gasteiger partial charge in [-0.25, -0.2) is 0 Å². The molecule has 0 unspecified atom stereocenters. The summed E-state index contributed by atoms with van der Waals surface area (Å²) < 4.78 is 1.78. The highest BCUT2D eigenvalue weighted by Crippen LogP contribution is 2.29. The van der Waals surface area contributed by atoms with Gasteiger partial charge in [0.2, 0.25) is 5.56 Å². The Morgan fingerprint density at radius 3 is 2.46 bits per heavy atom. The van der Waals surface area contributed by atoms with Gasteiger partial charge in [0.25, 0.3) is 0 Å². The van der Waals surface area contributed by atoms with Gasteiger partial charge < -0.3 is 4.98 Å². The summed E-state index contributed by atoms with van der Waals surface area (Å²) in [6.07, 6.45) is 7.40. The van der Waals surface area contributed by atoms with E-state index in [0.717, 1.165) is 38.7 Å². The molecule has 5 heteroatoms. The number of H-pyrrole nitrogens is 1. The van der Waals surface area contributed by atoms with Gasteiger partial charge >= 0.3 is 0 Å². The van der Waals surface area contributed by atoms with Crippen LogP contribution in [-0.4, -0.2) is 19.7 Å². The molecule has 3 heterocycles. The predicted molar refractivity (Wildman–Crippen MR) is 94.7 cm³/mol. The third kappa shape index (κ3) is 2.40. The summed E-state index contributed by atoms with van der Waals surface area (Å²) in [4.78, 5) is 19.1. The largest absolute Gasteiger partial charge is 0.321 e. The fraction of sp³-hybridized carbons (Fsp3) is 0.105. The molecule has 118 valence electrons. The Kier molecular flexibility index (Phi) is 3.27. The summed E-state index contributed by atoms with van der Waals surface area (Å²) in [7, 11) is 1.90. The van der Waals surface area contributed by atoms with Crippen LogP contribution in [0.1, 0.15) is 5.56 Å². The van der Waals surface area contributed by atoms with Crippen LogP contribution in [-0.2, 0) is 7.05 Å². The molecule has 0 aliphatic carbocycles. The van der Waals surface area contributed by atoms with Crippen LogP contribution >= 0.6 is 0 Å². The fourth-order valence-electron chi connectivity index (χ4n) is 2.96. The van der Waals surface area contributed by atoms with Crippen molar-refractivity contribution in [3.63, 3.8) is 0 Å². The number of pyridine rings is 2. The second kappa shape index (κ2) is 5.45. The molecule has 3 aromatic heterocycles. The van der Waals surface area contributed by atoms with E-state index in [-0.39, 0.29) is 5.56 Å². The van der Waals surface area contributed by atoms with Crippen molar-refractivity contribution >= 4 is 10.9 Å². The van der Waals surface area contributed by atoms with Crippen molar-refractivity contribution in [2.24, 2.45) is 7.05 Å². The molecule has 0 fully saturated rings. The summed E-state index contributed by atoms with van der Waals surface area (Å²) in [5.74, 6) is 0. The lowest BCUT2D eigenvalue weighted by Gasteiger charge is -2.08. The number of nitrogens with zero attached hydrogens (tertiary/aromatic N) is 3. The first kappa shape index (κ1) is 14.4. The molecule has 5 nitrogen and oxygen atoms in total. The van der Waals surface area contributed by atoms with Gasteiger partial charge in [0, 0.05) is 48.2 Å². The number of benzene rings is 1.